The fourth-order valence-corrected chi connectivity index (χ4v) is 3.91. The molecule has 5 heteroatoms. The van der Waals surface area contributed by atoms with Crippen LogP contribution in [0.25, 0.3) is 0 Å². The van der Waals surface area contributed by atoms with Gasteiger partial charge in [-0.2, -0.15) is 0 Å². The van der Waals surface area contributed by atoms with Crippen LogP contribution in [0.4, 0.5) is 0 Å². The van der Waals surface area contributed by atoms with Crippen LogP contribution in [-0.2, 0) is 11.8 Å². The van der Waals surface area contributed by atoms with E-state index in [2.05, 4.69) is 15.5 Å². The molecule has 0 saturated heterocycles. The van der Waals surface area contributed by atoms with Gasteiger partial charge in [0.2, 0.25) is 5.91 Å². The maximum Gasteiger partial charge on any atom is 0.220 e. The molecule has 2 aliphatic carbocycles. The standard InChI is InChI=1S/C14H22N4O/c1-9(14-17-15-8-18(14)2)16-13(19)7-12-6-10-3-4-11(12)5-10/h8-12H,3-7H2,1-2H3,(H,16,19)/t9-,10-,11-,12-/m0/s1. The third-order valence-corrected chi connectivity index (χ3v) is 4.84. The van der Waals surface area contributed by atoms with E-state index in [1.54, 1.807) is 6.33 Å². The highest BCUT2D eigenvalue weighted by atomic mass is 16.1. The normalized spacial score (nSPS) is 30.5. The molecule has 2 fully saturated rings. The van der Waals surface area contributed by atoms with Gasteiger partial charge < -0.3 is 9.88 Å². The third kappa shape index (κ3) is 2.51. The van der Waals surface area contributed by atoms with Gasteiger partial charge >= 0.3 is 0 Å². The summed E-state index contributed by atoms with van der Waals surface area (Å²) < 4.78 is 1.85. The molecule has 2 saturated carbocycles. The fourth-order valence-electron chi connectivity index (χ4n) is 3.91. The second kappa shape index (κ2) is 4.94. The minimum atomic E-state index is -0.0707. The van der Waals surface area contributed by atoms with E-state index in [0.717, 1.165) is 17.7 Å². The molecule has 5 nitrogen and oxygen atoms in total. The highest BCUT2D eigenvalue weighted by Gasteiger charge is 2.40. The minimum absolute atomic E-state index is 0.0707. The molecule has 0 unspecified atom stereocenters. The summed E-state index contributed by atoms with van der Waals surface area (Å²) in [6.45, 7) is 1.96. The van der Waals surface area contributed by atoms with Crippen LogP contribution in [0.5, 0.6) is 0 Å². The van der Waals surface area contributed by atoms with Crippen molar-refractivity contribution in [1.82, 2.24) is 20.1 Å². The number of aryl methyl sites for hydroxylation is 1. The Morgan fingerprint density at radius 3 is 2.95 bits per heavy atom. The summed E-state index contributed by atoms with van der Waals surface area (Å²) in [5.41, 5.74) is 0. The number of amides is 1. The van der Waals surface area contributed by atoms with E-state index in [1.807, 2.05) is 18.5 Å². The zero-order valence-corrected chi connectivity index (χ0v) is 11.7. The Kier molecular flexibility index (Phi) is 3.29. The average molecular weight is 262 g/mol. The fraction of sp³-hybridized carbons (Fsp3) is 0.786. The Morgan fingerprint density at radius 1 is 1.53 bits per heavy atom. The molecule has 104 valence electrons. The molecule has 3 rings (SSSR count). The summed E-state index contributed by atoms with van der Waals surface area (Å²) in [4.78, 5) is 12.1. The third-order valence-electron chi connectivity index (χ3n) is 4.84. The summed E-state index contributed by atoms with van der Waals surface area (Å²) in [7, 11) is 1.90. The van der Waals surface area contributed by atoms with Crippen molar-refractivity contribution in [1.29, 1.82) is 0 Å². The minimum Gasteiger partial charge on any atom is -0.346 e. The van der Waals surface area contributed by atoms with Crippen LogP contribution in [0.3, 0.4) is 0 Å². The molecule has 0 aromatic carbocycles. The molecule has 2 aliphatic rings. The zero-order chi connectivity index (χ0) is 13.4. The van der Waals surface area contributed by atoms with Crippen molar-refractivity contribution < 1.29 is 4.79 Å². The van der Waals surface area contributed by atoms with Gasteiger partial charge in [0.25, 0.3) is 0 Å². The monoisotopic (exact) mass is 262 g/mol. The number of nitrogens with one attached hydrogen (secondary N) is 1. The van der Waals surface area contributed by atoms with Crippen molar-refractivity contribution in [3.63, 3.8) is 0 Å². The lowest BCUT2D eigenvalue weighted by Gasteiger charge is -2.22. The second-order valence-electron chi connectivity index (χ2n) is 6.23. The van der Waals surface area contributed by atoms with Gasteiger partial charge in [0.15, 0.2) is 5.82 Å². The van der Waals surface area contributed by atoms with Crippen LogP contribution in [0.15, 0.2) is 6.33 Å². The van der Waals surface area contributed by atoms with Gasteiger partial charge in [-0.15, -0.1) is 10.2 Å². The molecule has 2 bridgehead atoms. The van der Waals surface area contributed by atoms with E-state index in [-0.39, 0.29) is 11.9 Å². The lowest BCUT2D eigenvalue weighted by Crippen LogP contribution is -2.30. The van der Waals surface area contributed by atoms with Crippen molar-refractivity contribution in [2.45, 2.75) is 45.1 Å². The van der Waals surface area contributed by atoms with Crippen LogP contribution in [0.2, 0.25) is 0 Å². The average Bonchev–Trinajstić information content (AvgIpc) is 3.04. The highest BCUT2D eigenvalue weighted by molar-refractivity contribution is 5.76. The van der Waals surface area contributed by atoms with Crippen LogP contribution in [-0.4, -0.2) is 20.7 Å². The molecule has 0 spiro atoms. The number of aromatic nitrogens is 3. The van der Waals surface area contributed by atoms with Crippen LogP contribution >= 0.6 is 0 Å². The first-order valence-corrected chi connectivity index (χ1v) is 7.26. The van der Waals surface area contributed by atoms with Gasteiger partial charge in [0.1, 0.15) is 6.33 Å². The van der Waals surface area contributed by atoms with Gasteiger partial charge in [0, 0.05) is 13.5 Å². The molecule has 1 aromatic rings. The van der Waals surface area contributed by atoms with E-state index >= 15 is 0 Å². The number of fused-ring (bicyclic) bond motifs is 2. The van der Waals surface area contributed by atoms with Crippen LogP contribution < -0.4 is 5.32 Å². The first-order chi connectivity index (χ1) is 9.13. The Hall–Kier alpha value is -1.39. The quantitative estimate of drug-likeness (QED) is 0.900. The molecule has 19 heavy (non-hydrogen) atoms. The summed E-state index contributed by atoms with van der Waals surface area (Å²) in [5.74, 6) is 3.29. The first-order valence-electron chi connectivity index (χ1n) is 7.26. The Labute approximate surface area is 113 Å². The molecule has 1 aromatic heterocycles. The molecule has 1 N–H and O–H groups in total. The van der Waals surface area contributed by atoms with E-state index in [4.69, 9.17) is 0 Å². The lowest BCUT2D eigenvalue weighted by atomic mass is 9.86. The Bertz CT molecular complexity index is 470. The Balaban J connectivity index is 1.53. The number of carbonyl (C=O) groups is 1. The van der Waals surface area contributed by atoms with E-state index in [9.17, 15) is 4.79 Å². The smallest absolute Gasteiger partial charge is 0.220 e. The van der Waals surface area contributed by atoms with Crippen molar-refractivity contribution in [2.75, 3.05) is 0 Å². The molecule has 1 amide bonds. The van der Waals surface area contributed by atoms with Gasteiger partial charge in [0.05, 0.1) is 6.04 Å². The molecule has 0 radical (unpaired) electrons. The molecular formula is C14H22N4O. The van der Waals surface area contributed by atoms with Gasteiger partial charge in [-0.05, 0) is 43.9 Å². The van der Waals surface area contributed by atoms with Crippen molar-refractivity contribution in [3.05, 3.63) is 12.2 Å². The lowest BCUT2D eigenvalue weighted by molar-refractivity contribution is -0.123. The van der Waals surface area contributed by atoms with Crippen molar-refractivity contribution >= 4 is 5.91 Å². The summed E-state index contributed by atoms with van der Waals surface area (Å²) in [5, 5.41) is 10.9. The van der Waals surface area contributed by atoms with E-state index < -0.39 is 0 Å². The zero-order valence-electron chi connectivity index (χ0n) is 11.7. The first kappa shape index (κ1) is 12.6. The van der Waals surface area contributed by atoms with Crippen molar-refractivity contribution in [3.8, 4) is 0 Å². The second-order valence-corrected chi connectivity index (χ2v) is 6.23. The SMILES string of the molecule is C[C@H](NC(=O)C[C@@H]1C[C@H]2CC[C@H]1C2)c1nncn1C. The topological polar surface area (TPSA) is 59.8 Å². The molecule has 4 atom stereocenters. The van der Waals surface area contributed by atoms with E-state index in [1.165, 1.54) is 25.7 Å². The van der Waals surface area contributed by atoms with Gasteiger partial charge in [-0.25, -0.2) is 0 Å². The number of hydrogen-bond acceptors (Lipinski definition) is 3. The molecule has 0 aliphatic heterocycles. The van der Waals surface area contributed by atoms with Crippen LogP contribution in [0.1, 0.15) is 50.9 Å². The molecule has 1 heterocycles. The van der Waals surface area contributed by atoms with E-state index in [0.29, 0.717) is 12.3 Å². The number of carbonyl (C=O) groups excluding carboxylic acids is 1. The summed E-state index contributed by atoms with van der Waals surface area (Å²) in [6, 6.07) is -0.0707. The van der Waals surface area contributed by atoms with Gasteiger partial charge in [-0.3, -0.25) is 4.79 Å². The predicted octanol–water partition coefficient (Wildman–Crippen LogP) is 1.82. The Morgan fingerprint density at radius 2 is 2.37 bits per heavy atom. The van der Waals surface area contributed by atoms with Gasteiger partial charge in [-0.1, -0.05) is 6.42 Å². The predicted molar refractivity (Wildman–Crippen MR) is 71.1 cm³/mol. The maximum atomic E-state index is 12.1. The number of nitrogens with zero attached hydrogens (tertiary/aromatic N) is 3. The van der Waals surface area contributed by atoms with Crippen molar-refractivity contribution in [2.24, 2.45) is 24.8 Å². The number of hydrogen-bond donors (Lipinski definition) is 1. The maximum absolute atomic E-state index is 12.1. The largest absolute Gasteiger partial charge is 0.346 e. The number of rotatable bonds is 4. The summed E-state index contributed by atoms with van der Waals surface area (Å²) in [6.07, 6.45) is 7.68. The van der Waals surface area contributed by atoms with Crippen LogP contribution in [0, 0.1) is 17.8 Å². The molecular weight excluding hydrogens is 240 g/mol. The highest BCUT2D eigenvalue weighted by Crippen LogP contribution is 2.49. The summed E-state index contributed by atoms with van der Waals surface area (Å²) >= 11 is 0.